The Hall–Kier alpha value is -1.78. The van der Waals surface area contributed by atoms with Gasteiger partial charge >= 0.3 is 6.03 Å². The van der Waals surface area contributed by atoms with Crippen LogP contribution in [-0.2, 0) is 0 Å². The average Bonchev–Trinajstić information content (AvgIpc) is 2.59. The fraction of sp³-hybridized carbons (Fsp3) is 0.684. The molecule has 3 rings (SSSR count). The molecule has 0 atom stereocenters. The van der Waals surface area contributed by atoms with E-state index < -0.39 is 0 Å². The molecule has 5 heteroatoms. The van der Waals surface area contributed by atoms with Crippen LogP contribution in [0.1, 0.15) is 63.5 Å². The number of carbonyl (C=O) groups excluding carboxylic acids is 1. The van der Waals surface area contributed by atoms with Crippen molar-refractivity contribution in [1.29, 1.82) is 0 Å². The normalized spacial score (nSPS) is 25.0. The number of hydrogen-bond acceptors (Lipinski definition) is 3. The van der Waals surface area contributed by atoms with Crippen LogP contribution in [-0.4, -0.2) is 29.2 Å². The predicted molar refractivity (Wildman–Crippen MR) is 94.2 cm³/mol. The Labute approximate surface area is 144 Å². The molecule has 0 radical (unpaired) electrons. The summed E-state index contributed by atoms with van der Waals surface area (Å²) in [6.07, 6.45) is 11.9. The Morgan fingerprint density at radius 2 is 1.71 bits per heavy atom. The van der Waals surface area contributed by atoms with Crippen LogP contribution in [0.25, 0.3) is 0 Å². The topological polar surface area (TPSA) is 63.2 Å². The SMILES string of the molecule is Cc1ncccc1OC1CCC(NC(=O)NC2CCCCC2)CC1. The predicted octanol–water partition coefficient (Wildman–Crippen LogP) is 3.71. The van der Waals surface area contributed by atoms with E-state index in [1.165, 1.54) is 19.3 Å². The maximum Gasteiger partial charge on any atom is 0.315 e. The minimum Gasteiger partial charge on any atom is -0.489 e. The van der Waals surface area contributed by atoms with Gasteiger partial charge in [-0.25, -0.2) is 4.79 Å². The fourth-order valence-corrected chi connectivity index (χ4v) is 3.76. The second-order valence-corrected chi connectivity index (χ2v) is 7.13. The van der Waals surface area contributed by atoms with Crippen LogP contribution in [0.15, 0.2) is 18.3 Å². The molecule has 2 fully saturated rings. The van der Waals surface area contributed by atoms with Gasteiger partial charge in [0, 0.05) is 18.3 Å². The highest BCUT2D eigenvalue weighted by Gasteiger charge is 2.25. The van der Waals surface area contributed by atoms with Gasteiger partial charge in [-0.15, -0.1) is 0 Å². The first kappa shape index (κ1) is 17.1. The van der Waals surface area contributed by atoms with E-state index in [1.54, 1.807) is 6.20 Å². The minimum absolute atomic E-state index is 0.00868. The molecule has 0 unspecified atom stereocenters. The van der Waals surface area contributed by atoms with Crippen molar-refractivity contribution in [2.45, 2.75) is 82.9 Å². The van der Waals surface area contributed by atoms with E-state index >= 15 is 0 Å². The summed E-state index contributed by atoms with van der Waals surface area (Å²) in [4.78, 5) is 16.4. The Bertz CT molecular complexity index is 535. The summed E-state index contributed by atoms with van der Waals surface area (Å²) in [5.41, 5.74) is 0.935. The molecular formula is C19H29N3O2. The van der Waals surface area contributed by atoms with Crippen molar-refractivity contribution in [3.05, 3.63) is 24.0 Å². The third-order valence-electron chi connectivity index (χ3n) is 5.20. The molecule has 2 saturated carbocycles. The van der Waals surface area contributed by atoms with Crippen LogP contribution in [0.2, 0.25) is 0 Å². The number of ether oxygens (including phenoxy) is 1. The highest BCUT2D eigenvalue weighted by atomic mass is 16.5. The zero-order valence-corrected chi connectivity index (χ0v) is 14.6. The third kappa shape index (κ3) is 4.86. The van der Waals surface area contributed by atoms with Gasteiger partial charge < -0.3 is 15.4 Å². The van der Waals surface area contributed by atoms with Crippen LogP contribution in [0.5, 0.6) is 5.75 Å². The highest BCUT2D eigenvalue weighted by Crippen LogP contribution is 2.25. The first-order valence-corrected chi connectivity index (χ1v) is 9.36. The van der Waals surface area contributed by atoms with E-state index in [2.05, 4.69) is 15.6 Å². The van der Waals surface area contributed by atoms with E-state index in [4.69, 9.17) is 4.74 Å². The first-order chi connectivity index (χ1) is 11.7. The smallest absolute Gasteiger partial charge is 0.315 e. The standard InChI is InChI=1S/C19H29N3O2/c1-14-18(8-5-13-20-14)24-17-11-9-16(10-12-17)22-19(23)21-15-6-3-2-4-7-15/h5,8,13,15-17H,2-4,6-7,9-12H2,1H3,(H2,21,22,23). The quantitative estimate of drug-likeness (QED) is 0.884. The van der Waals surface area contributed by atoms with Crippen LogP contribution in [0.3, 0.4) is 0 Å². The number of aryl methyl sites for hydroxylation is 1. The molecule has 1 aromatic rings. The Morgan fingerprint density at radius 1 is 1.04 bits per heavy atom. The Kier molecular flexibility index (Phi) is 5.94. The van der Waals surface area contributed by atoms with Gasteiger partial charge in [-0.3, -0.25) is 4.98 Å². The minimum atomic E-state index is 0.00868. The summed E-state index contributed by atoms with van der Waals surface area (Å²) in [7, 11) is 0. The van der Waals surface area contributed by atoms with Gasteiger partial charge in [-0.1, -0.05) is 19.3 Å². The largest absolute Gasteiger partial charge is 0.489 e. The zero-order chi connectivity index (χ0) is 16.8. The summed E-state index contributed by atoms with van der Waals surface area (Å²) in [6.45, 7) is 1.97. The van der Waals surface area contributed by atoms with Crippen molar-refractivity contribution in [3.8, 4) is 5.75 Å². The number of carbonyl (C=O) groups is 1. The van der Waals surface area contributed by atoms with E-state index in [9.17, 15) is 4.79 Å². The molecule has 24 heavy (non-hydrogen) atoms. The van der Waals surface area contributed by atoms with E-state index in [0.29, 0.717) is 6.04 Å². The van der Waals surface area contributed by atoms with Gasteiger partial charge in [-0.05, 0) is 57.6 Å². The van der Waals surface area contributed by atoms with Crippen LogP contribution in [0, 0.1) is 6.92 Å². The Balaban J connectivity index is 1.38. The second-order valence-electron chi connectivity index (χ2n) is 7.13. The lowest BCUT2D eigenvalue weighted by Crippen LogP contribution is -2.48. The van der Waals surface area contributed by atoms with E-state index in [-0.39, 0.29) is 18.2 Å². The number of nitrogens with one attached hydrogen (secondary N) is 2. The molecule has 2 aliphatic rings. The first-order valence-electron chi connectivity index (χ1n) is 9.36. The molecule has 1 heterocycles. The molecule has 1 aromatic heterocycles. The lowest BCUT2D eigenvalue weighted by Gasteiger charge is -2.30. The van der Waals surface area contributed by atoms with Crippen molar-refractivity contribution in [3.63, 3.8) is 0 Å². The molecule has 0 saturated heterocycles. The summed E-state index contributed by atoms with van der Waals surface area (Å²) in [6, 6.07) is 4.53. The van der Waals surface area contributed by atoms with Gasteiger partial charge in [-0.2, -0.15) is 0 Å². The lowest BCUT2D eigenvalue weighted by molar-refractivity contribution is 0.138. The van der Waals surface area contributed by atoms with Crippen molar-refractivity contribution < 1.29 is 9.53 Å². The van der Waals surface area contributed by atoms with Crippen LogP contribution in [0.4, 0.5) is 4.79 Å². The molecule has 2 aliphatic carbocycles. The van der Waals surface area contributed by atoms with Gasteiger partial charge in [0.05, 0.1) is 11.8 Å². The van der Waals surface area contributed by atoms with Crippen LogP contribution >= 0.6 is 0 Å². The lowest BCUT2D eigenvalue weighted by atomic mass is 9.93. The van der Waals surface area contributed by atoms with Crippen LogP contribution < -0.4 is 15.4 Å². The van der Waals surface area contributed by atoms with E-state index in [1.807, 2.05) is 19.1 Å². The second kappa shape index (κ2) is 8.36. The number of rotatable bonds is 4. The highest BCUT2D eigenvalue weighted by molar-refractivity contribution is 5.74. The van der Waals surface area contributed by atoms with Gasteiger partial charge in [0.15, 0.2) is 0 Å². The van der Waals surface area contributed by atoms with Crippen molar-refractivity contribution in [1.82, 2.24) is 15.6 Å². The maximum absolute atomic E-state index is 12.1. The molecule has 2 amide bonds. The molecule has 5 nitrogen and oxygen atoms in total. The summed E-state index contributed by atoms with van der Waals surface area (Å²) < 4.78 is 6.07. The molecule has 132 valence electrons. The maximum atomic E-state index is 12.1. The van der Waals surface area contributed by atoms with Gasteiger partial charge in [0.2, 0.25) is 0 Å². The molecule has 0 spiro atoms. The number of nitrogens with zero attached hydrogens (tertiary/aromatic N) is 1. The number of hydrogen-bond donors (Lipinski definition) is 2. The summed E-state index contributed by atoms with van der Waals surface area (Å²) in [5, 5.41) is 6.28. The fourth-order valence-electron chi connectivity index (χ4n) is 3.76. The average molecular weight is 331 g/mol. The molecule has 0 aliphatic heterocycles. The number of amides is 2. The number of aromatic nitrogens is 1. The third-order valence-corrected chi connectivity index (χ3v) is 5.20. The van der Waals surface area contributed by atoms with Gasteiger partial charge in [0.25, 0.3) is 0 Å². The number of pyridine rings is 1. The molecular weight excluding hydrogens is 302 g/mol. The zero-order valence-electron chi connectivity index (χ0n) is 14.6. The van der Waals surface area contributed by atoms with Crippen molar-refractivity contribution in [2.75, 3.05) is 0 Å². The summed E-state index contributed by atoms with van der Waals surface area (Å²) >= 11 is 0. The summed E-state index contributed by atoms with van der Waals surface area (Å²) in [5.74, 6) is 0.879. The molecule has 0 aromatic carbocycles. The van der Waals surface area contributed by atoms with Crippen molar-refractivity contribution in [2.24, 2.45) is 0 Å². The monoisotopic (exact) mass is 331 g/mol. The van der Waals surface area contributed by atoms with Crippen molar-refractivity contribution >= 4 is 6.03 Å². The molecule has 0 bridgehead atoms. The number of urea groups is 1. The molecule has 2 N–H and O–H groups in total. The van der Waals surface area contributed by atoms with E-state index in [0.717, 1.165) is 50.0 Å². The Morgan fingerprint density at radius 3 is 2.38 bits per heavy atom. The van der Waals surface area contributed by atoms with Gasteiger partial charge in [0.1, 0.15) is 5.75 Å².